The minimum atomic E-state index is -0.723. The van der Waals surface area contributed by atoms with Gasteiger partial charge >= 0.3 is 5.97 Å². The number of carbonyl (C=O) groups excluding carboxylic acids is 2. The number of aryl methyl sites for hydroxylation is 1. The third-order valence-corrected chi connectivity index (χ3v) is 3.85. The molecule has 0 unspecified atom stereocenters. The molecule has 10 heteroatoms. The highest BCUT2D eigenvalue weighted by molar-refractivity contribution is 5.96. The molecule has 0 bridgehead atoms. The molecule has 148 valence electrons. The third kappa shape index (κ3) is 5.22. The molecule has 0 fully saturated rings. The van der Waals surface area contributed by atoms with Gasteiger partial charge in [0.15, 0.2) is 6.61 Å². The van der Waals surface area contributed by atoms with Gasteiger partial charge in [-0.25, -0.2) is 0 Å². The summed E-state index contributed by atoms with van der Waals surface area (Å²) in [4.78, 5) is 38.1. The summed E-state index contributed by atoms with van der Waals surface area (Å²) in [5, 5.41) is 16.9. The summed E-state index contributed by atoms with van der Waals surface area (Å²) in [6, 6.07) is 12.7. The molecule has 0 spiro atoms. The number of aromatic nitrogens is 2. The van der Waals surface area contributed by atoms with E-state index in [9.17, 15) is 19.7 Å². The number of non-ortho nitro benzene ring substituents is 1. The van der Waals surface area contributed by atoms with Crippen molar-refractivity contribution in [2.45, 2.75) is 13.5 Å². The smallest absolute Gasteiger partial charge is 0.325 e. The van der Waals surface area contributed by atoms with E-state index in [-0.39, 0.29) is 23.7 Å². The van der Waals surface area contributed by atoms with Crippen molar-refractivity contribution >= 4 is 17.6 Å². The first kappa shape index (κ1) is 19.7. The van der Waals surface area contributed by atoms with Gasteiger partial charge in [-0.05, 0) is 13.0 Å². The Balaban J connectivity index is 1.49. The normalized spacial score (nSPS) is 10.4. The van der Waals surface area contributed by atoms with Crippen LogP contribution in [0.1, 0.15) is 21.8 Å². The molecule has 0 aliphatic heterocycles. The molecule has 1 amide bonds. The van der Waals surface area contributed by atoms with E-state index in [2.05, 4.69) is 15.5 Å². The minimum absolute atomic E-state index is 0.0617. The molecule has 1 heterocycles. The predicted octanol–water partition coefficient (Wildman–Crippen LogP) is 2.43. The summed E-state index contributed by atoms with van der Waals surface area (Å²) < 4.78 is 10.0. The van der Waals surface area contributed by atoms with Crippen LogP contribution >= 0.6 is 0 Å². The van der Waals surface area contributed by atoms with E-state index in [1.807, 2.05) is 31.2 Å². The number of nitro benzene ring substituents is 1. The number of nitrogens with one attached hydrogen (secondary N) is 1. The number of amides is 1. The Morgan fingerprint density at radius 2 is 1.97 bits per heavy atom. The van der Waals surface area contributed by atoms with Crippen molar-refractivity contribution in [1.29, 1.82) is 0 Å². The predicted molar refractivity (Wildman–Crippen MR) is 99.7 cm³/mol. The summed E-state index contributed by atoms with van der Waals surface area (Å²) in [7, 11) is 0. The number of ether oxygens (including phenoxy) is 1. The van der Waals surface area contributed by atoms with Gasteiger partial charge in [-0.3, -0.25) is 19.7 Å². The van der Waals surface area contributed by atoms with Gasteiger partial charge in [-0.15, -0.1) is 0 Å². The molecular weight excluding hydrogens is 380 g/mol. The zero-order chi connectivity index (χ0) is 20.8. The maximum Gasteiger partial charge on any atom is 0.325 e. The van der Waals surface area contributed by atoms with E-state index < -0.39 is 23.3 Å². The number of benzene rings is 2. The summed E-state index contributed by atoms with van der Waals surface area (Å²) in [6.45, 7) is 1.30. The number of nitro groups is 1. The molecule has 0 radical (unpaired) electrons. The van der Waals surface area contributed by atoms with Crippen molar-refractivity contribution < 1.29 is 23.8 Å². The van der Waals surface area contributed by atoms with Gasteiger partial charge in [-0.1, -0.05) is 41.1 Å². The van der Waals surface area contributed by atoms with Crippen molar-refractivity contribution in [1.82, 2.24) is 15.5 Å². The van der Waals surface area contributed by atoms with Crippen molar-refractivity contribution in [3.8, 4) is 11.4 Å². The van der Waals surface area contributed by atoms with Crippen molar-refractivity contribution in [2.75, 3.05) is 6.54 Å². The molecule has 3 rings (SSSR count). The Labute approximate surface area is 164 Å². The van der Waals surface area contributed by atoms with E-state index in [0.29, 0.717) is 5.82 Å². The van der Waals surface area contributed by atoms with Crippen LogP contribution in [0.3, 0.4) is 0 Å². The average Bonchev–Trinajstić information content (AvgIpc) is 3.20. The van der Waals surface area contributed by atoms with E-state index >= 15 is 0 Å². The van der Waals surface area contributed by atoms with Crippen LogP contribution in [-0.4, -0.2) is 33.5 Å². The quantitative estimate of drug-likeness (QED) is 0.365. The summed E-state index contributed by atoms with van der Waals surface area (Å²) in [5.74, 6) is -0.877. The molecule has 0 aliphatic rings. The van der Waals surface area contributed by atoms with Gasteiger partial charge in [0, 0.05) is 23.3 Å². The molecule has 0 aliphatic carbocycles. The van der Waals surface area contributed by atoms with Crippen LogP contribution in [0.2, 0.25) is 0 Å². The highest BCUT2D eigenvalue weighted by Crippen LogP contribution is 2.16. The van der Waals surface area contributed by atoms with Crippen molar-refractivity contribution in [3.63, 3.8) is 0 Å². The zero-order valence-corrected chi connectivity index (χ0v) is 15.3. The molecule has 1 aromatic heterocycles. The van der Waals surface area contributed by atoms with Gasteiger partial charge < -0.3 is 14.6 Å². The average molecular weight is 396 g/mol. The largest absolute Gasteiger partial charge is 0.454 e. The van der Waals surface area contributed by atoms with Gasteiger partial charge in [0.25, 0.3) is 17.5 Å². The number of hydrogen-bond acceptors (Lipinski definition) is 8. The monoisotopic (exact) mass is 396 g/mol. The van der Waals surface area contributed by atoms with Gasteiger partial charge in [0.1, 0.15) is 6.54 Å². The second-order valence-electron chi connectivity index (χ2n) is 6.03. The maximum atomic E-state index is 12.0. The lowest BCUT2D eigenvalue weighted by molar-refractivity contribution is -0.384. The van der Waals surface area contributed by atoms with E-state index in [0.717, 1.165) is 17.2 Å². The Morgan fingerprint density at radius 3 is 2.69 bits per heavy atom. The summed E-state index contributed by atoms with van der Waals surface area (Å²) in [6.07, 6.45) is 0. The Bertz CT molecular complexity index is 1040. The Morgan fingerprint density at radius 1 is 1.21 bits per heavy atom. The van der Waals surface area contributed by atoms with Crippen LogP contribution in [0.5, 0.6) is 0 Å². The van der Waals surface area contributed by atoms with E-state index in [4.69, 9.17) is 9.26 Å². The first-order valence-corrected chi connectivity index (χ1v) is 8.50. The van der Waals surface area contributed by atoms with Crippen LogP contribution in [0.15, 0.2) is 53.1 Å². The lowest BCUT2D eigenvalue weighted by Gasteiger charge is -2.05. The van der Waals surface area contributed by atoms with Crippen LogP contribution in [0.4, 0.5) is 5.69 Å². The second-order valence-corrected chi connectivity index (χ2v) is 6.03. The molecule has 3 aromatic rings. The molecule has 0 saturated carbocycles. The van der Waals surface area contributed by atoms with E-state index in [1.54, 1.807) is 0 Å². The highest BCUT2D eigenvalue weighted by atomic mass is 16.6. The minimum Gasteiger partial charge on any atom is -0.454 e. The van der Waals surface area contributed by atoms with Gasteiger partial charge in [-0.2, -0.15) is 4.98 Å². The highest BCUT2D eigenvalue weighted by Gasteiger charge is 2.14. The third-order valence-electron chi connectivity index (χ3n) is 3.85. The maximum absolute atomic E-state index is 12.0. The topological polar surface area (TPSA) is 137 Å². The van der Waals surface area contributed by atoms with Crippen LogP contribution in [0, 0.1) is 17.0 Å². The van der Waals surface area contributed by atoms with Crippen LogP contribution < -0.4 is 5.32 Å². The molecule has 29 heavy (non-hydrogen) atoms. The van der Waals surface area contributed by atoms with E-state index in [1.165, 1.54) is 18.2 Å². The standard InChI is InChI=1S/C19H16N4O6/c1-12-5-7-13(8-6-12)18-21-16(29-22-18)11-28-17(24)10-20-19(25)14-3-2-4-15(9-14)23(26)27/h2-9H,10-11H2,1H3,(H,20,25). The molecule has 0 atom stereocenters. The number of nitrogens with zero attached hydrogens (tertiary/aromatic N) is 3. The van der Waals surface area contributed by atoms with Gasteiger partial charge in [0.05, 0.1) is 4.92 Å². The van der Waals surface area contributed by atoms with Gasteiger partial charge in [0.2, 0.25) is 5.82 Å². The number of rotatable bonds is 7. The molecule has 2 aromatic carbocycles. The molecule has 0 saturated heterocycles. The number of carbonyl (C=O) groups is 2. The lowest BCUT2D eigenvalue weighted by Crippen LogP contribution is -2.30. The fourth-order valence-corrected chi connectivity index (χ4v) is 2.34. The molecular formula is C19H16N4O6. The van der Waals surface area contributed by atoms with Crippen LogP contribution in [0.25, 0.3) is 11.4 Å². The Hall–Kier alpha value is -4.08. The molecule has 1 N–H and O–H groups in total. The first-order valence-electron chi connectivity index (χ1n) is 8.50. The fraction of sp³-hybridized carbons (Fsp3) is 0.158. The van der Waals surface area contributed by atoms with Crippen LogP contribution in [-0.2, 0) is 16.1 Å². The summed E-state index contributed by atoms with van der Waals surface area (Å²) >= 11 is 0. The fourth-order valence-electron chi connectivity index (χ4n) is 2.34. The summed E-state index contributed by atoms with van der Waals surface area (Å²) in [5.41, 5.74) is 1.70. The molecule has 10 nitrogen and oxygen atoms in total. The zero-order valence-electron chi connectivity index (χ0n) is 15.3. The first-order chi connectivity index (χ1) is 13.9. The Kier molecular flexibility index (Phi) is 5.93. The number of hydrogen-bond donors (Lipinski definition) is 1. The van der Waals surface area contributed by atoms with Crippen molar-refractivity contribution in [2.24, 2.45) is 0 Å². The SMILES string of the molecule is Cc1ccc(-c2noc(COC(=O)CNC(=O)c3cccc([N+](=O)[O-])c3)n2)cc1. The second kappa shape index (κ2) is 8.74. The lowest BCUT2D eigenvalue weighted by atomic mass is 10.1. The van der Waals surface area contributed by atoms with Crippen molar-refractivity contribution in [3.05, 3.63) is 75.7 Å². The number of esters is 1.